The molecule has 152 valence electrons. The van der Waals surface area contributed by atoms with Crippen molar-refractivity contribution in [1.82, 2.24) is 9.97 Å². The van der Waals surface area contributed by atoms with Crippen LogP contribution in [0.5, 0.6) is 0 Å². The van der Waals surface area contributed by atoms with E-state index in [0.29, 0.717) is 5.69 Å². The Morgan fingerprint density at radius 2 is 2.03 bits per heavy atom. The number of pyridine rings is 1. The van der Waals surface area contributed by atoms with Crippen LogP contribution in [0.15, 0.2) is 30.5 Å². The molecule has 1 fully saturated rings. The van der Waals surface area contributed by atoms with E-state index < -0.39 is 6.09 Å². The maximum absolute atomic E-state index is 12.3. The molecule has 1 amide bonds. The number of nitrogens with one attached hydrogen (secondary N) is 2. The van der Waals surface area contributed by atoms with E-state index >= 15 is 0 Å². The lowest BCUT2D eigenvalue weighted by Crippen LogP contribution is -2.24. The number of nitrogens with zero attached hydrogens (tertiary/aromatic N) is 2. The lowest BCUT2D eigenvalue weighted by molar-refractivity contribution is 0.0865. The van der Waals surface area contributed by atoms with Crippen LogP contribution in [0.4, 0.5) is 15.6 Å². The second-order valence-electron chi connectivity index (χ2n) is 7.38. The molecule has 6 nitrogen and oxygen atoms in total. The Hall–Kier alpha value is -2.67. The number of carbonyl (C=O) groups excluding carboxylic acids is 1. The van der Waals surface area contributed by atoms with Crippen LogP contribution in [0, 0.1) is 6.92 Å². The topological polar surface area (TPSA) is 76.1 Å². The first kappa shape index (κ1) is 19.6. The van der Waals surface area contributed by atoms with Gasteiger partial charge in [-0.3, -0.25) is 10.3 Å². The quantitative estimate of drug-likeness (QED) is 0.541. The van der Waals surface area contributed by atoms with Crippen molar-refractivity contribution in [3.63, 3.8) is 0 Å². The van der Waals surface area contributed by atoms with E-state index in [1.165, 1.54) is 6.42 Å². The van der Waals surface area contributed by atoms with Crippen LogP contribution in [0.25, 0.3) is 21.3 Å². The maximum atomic E-state index is 12.3. The Kier molecular flexibility index (Phi) is 5.94. The Labute approximate surface area is 174 Å². The van der Waals surface area contributed by atoms with Crippen molar-refractivity contribution in [2.45, 2.75) is 52.1 Å². The molecule has 2 heterocycles. The summed E-state index contributed by atoms with van der Waals surface area (Å²) >= 11 is 1.64. The normalized spacial score (nSPS) is 14.7. The molecule has 3 aromatic rings. The fraction of sp³-hybridized carbons (Fsp3) is 0.409. The molecule has 2 N–H and O–H groups in total. The van der Waals surface area contributed by atoms with Crippen LogP contribution < -0.4 is 10.6 Å². The number of rotatable bonds is 5. The highest BCUT2D eigenvalue weighted by Crippen LogP contribution is 2.31. The van der Waals surface area contributed by atoms with E-state index in [9.17, 15) is 4.79 Å². The molecule has 0 radical (unpaired) electrons. The average Bonchev–Trinajstić information content (AvgIpc) is 3.12. The highest BCUT2D eigenvalue weighted by atomic mass is 32.1. The second-order valence-corrected chi connectivity index (χ2v) is 8.41. The number of aryl methyl sites for hydroxylation is 1. The van der Waals surface area contributed by atoms with Gasteiger partial charge in [0.1, 0.15) is 6.10 Å². The summed E-state index contributed by atoms with van der Waals surface area (Å²) in [6, 6.07) is 8.13. The first-order valence-corrected chi connectivity index (χ1v) is 11.0. The summed E-state index contributed by atoms with van der Waals surface area (Å²) in [7, 11) is 0. The summed E-state index contributed by atoms with van der Waals surface area (Å²) in [5.74, 6) is 0. The van der Waals surface area contributed by atoms with Crippen molar-refractivity contribution in [2.24, 2.45) is 0 Å². The smallest absolute Gasteiger partial charge is 0.411 e. The molecule has 0 spiro atoms. The largest absolute Gasteiger partial charge is 0.446 e. The Bertz CT molecular complexity index is 1010. The number of carbonyl (C=O) groups is 1. The van der Waals surface area contributed by atoms with Gasteiger partial charge in [0, 0.05) is 18.3 Å². The van der Waals surface area contributed by atoms with Gasteiger partial charge in [-0.05, 0) is 63.3 Å². The number of fused-ring (bicyclic) bond motifs is 1. The van der Waals surface area contributed by atoms with Gasteiger partial charge in [0.2, 0.25) is 0 Å². The molecule has 4 rings (SSSR count). The highest BCUT2D eigenvalue weighted by molar-refractivity contribution is 7.22. The Morgan fingerprint density at radius 3 is 2.83 bits per heavy atom. The Morgan fingerprint density at radius 1 is 1.21 bits per heavy atom. The molecule has 7 heteroatoms. The maximum Gasteiger partial charge on any atom is 0.411 e. The third-order valence-electron chi connectivity index (χ3n) is 5.20. The predicted molar refractivity (Wildman–Crippen MR) is 119 cm³/mol. The van der Waals surface area contributed by atoms with E-state index in [-0.39, 0.29) is 6.10 Å². The zero-order valence-corrected chi connectivity index (χ0v) is 17.6. The zero-order valence-electron chi connectivity index (χ0n) is 16.8. The van der Waals surface area contributed by atoms with Crippen LogP contribution in [-0.2, 0) is 4.74 Å². The number of benzene rings is 1. The molecule has 0 unspecified atom stereocenters. The number of thiazole rings is 1. The van der Waals surface area contributed by atoms with Crippen molar-refractivity contribution in [2.75, 3.05) is 17.2 Å². The fourth-order valence-electron chi connectivity index (χ4n) is 3.62. The monoisotopic (exact) mass is 410 g/mol. The van der Waals surface area contributed by atoms with Crippen LogP contribution in [0.2, 0.25) is 0 Å². The highest BCUT2D eigenvalue weighted by Gasteiger charge is 2.18. The zero-order chi connectivity index (χ0) is 20.2. The van der Waals surface area contributed by atoms with Crippen LogP contribution in [0.3, 0.4) is 0 Å². The van der Waals surface area contributed by atoms with Gasteiger partial charge in [0.25, 0.3) is 0 Å². The summed E-state index contributed by atoms with van der Waals surface area (Å²) in [4.78, 5) is 21.4. The van der Waals surface area contributed by atoms with E-state index in [4.69, 9.17) is 4.74 Å². The van der Waals surface area contributed by atoms with Gasteiger partial charge in [-0.1, -0.05) is 23.8 Å². The molecule has 1 aliphatic rings. The van der Waals surface area contributed by atoms with Crippen LogP contribution in [-0.4, -0.2) is 28.7 Å². The van der Waals surface area contributed by atoms with Crippen LogP contribution in [0.1, 0.15) is 44.7 Å². The minimum Gasteiger partial charge on any atom is -0.446 e. The number of anilines is 2. The number of hydrogen-bond donors (Lipinski definition) is 2. The average molecular weight is 411 g/mol. The minimum absolute atomic E-state index is 0.0276. The number of ether oxygens (including phenoxy) is 1. The van der Waals surface area contributed by atoms with Gasteiger partial charge >= 0.3 is 6.09 Å². The Balaban J connectivity index is 1.52. The molecular formula is C22H26N4O2S. The van der Waals surface area contributed by atoms with Crippen molar-refractivity contribution >= 4 is 38.5 Å². The predicted octanol–water partition coefficient (Wildman–Crippen LogP) is 5.98. The summed E-state index contributed by atoms with van der Waals surface area (Å²) < 4.78 is 6.70. The minimum atomic E-state index is -0.396. The third-order valence-corrected chi connectivity index (χ3v) is 6.18. The molecule has 0 atom stereocenters. The third kappa shape index (κ3) is 4.67. The number of aromatic nitrogens is 2. The van der Waals surface area contributed by atoms with Gasteiger partial charge in [-0.2, -0.15) is 0 Å². The van der Waals surface area contributed by atoms with E-state index in [2.05, 4.69) is 33.6 Å². The lowest BCUT2D eigenvalue weighted by atomic mass is 9.98. The summed E-state index contributed by atoms with van der Waals surface area (Å²) in [6.45, 7) is 4.79. The molecule has 0 bridgehead atoms. The molecule has 0 saturated heterocycles. The second kappa shape index (κ2) is 8.78. The molecule has 1 aromatic carbocycles. The van der Waals surface area contributed by atoms with Crippen molar-refractivity contribution < 1.29 is 9.53 Å². The standard InChI is InChI=1S/C22H26N4O2S/c1-3-23-21-25-18-10-9-15(12-20(18)29-21)16-11-19(14(2)24-13-16)26-22(27)28-17-7-5-4-6-8-17/h9-13,17H,3-8H2,1-2H3,(H,23,25)(H,26,27). The van der Waals surface area contributed by atoms with Crippen molar-refractivity contribution in [3.8, 4) is 11.1 Å². The molecule has 1 aliphatic carbocycles. The molecule has 29 heavy (non-hydrogen) atoms. The first-order chi connectivity index (χ1) is 14.1. The van der Waals surface area contributed by atoms with Gasteiger partial charge in [0.05, 0.1) is 21.6 Å². The van der Waals surface area contributed by atoms with Gasteiger partial charge < -0.3 is 10.1 Å². The van der Waals surface area contributed by atoms with Gasteiger partial charge in [0.15, 0.2) is 5.13 Å². The van der Waals surface area contributed by atoms with Crippen molar-refractivity contribution in [1.29, 1.82) is 0 Å². The van der Waals surface area contributed by atoms with Gasteiger partial charge in [-0.15, -0.1) is 0 Å². The van der Waals surface area contributed by atoms with E-state index in [0.717, 1.165) is 64.4 Å². The molecule has 0 aliphatic heterocycles. The van der Waals surface area contributed by atoms with E-state index in [1.54, 1.807) is 11.3 Å². The van der Waals surface area contributed by atoms with Crippen molar-refractivity contribution in [3.05, 3.63) is 36.2 Å². The lowest BCUT2D eigenvalue weighted by Gasteiger charge is -2.22. The van der Waals surface area contributed by atoms with Crippen LogP contribution >= 0.6 is 11.3 Å². The summed E-state index contributed by atoms with van der Waals surface area (Å²) in [6.07, 6.45) is 6.86. The number of amides is 1. The SMILES string of the molecule is CCNc1nc2ccc(-c3cnc(C)c(NC(=O)OC4CCCCC4)c3)cc2s1. The first-order valence-electron chi connectivity index (χ1n) is 10.2. The molecule has 2 aromatic heterocycles. The summed E-state index contributed by atoms with van der Waals surface area (Å²) in [5.41, 5.74) is 4.41. The molecular weight excluding hydrogens is 384 g/mol. The fourth-order valence-corrected chi connectivity index (χ4v) is 4.60. The van der Waals surface area contributed by atoms with E-state index in [1.807, 2.05) is 31.3 Å². The summed E-state index contributed by atoms with van der Waals surface area (Å²) in [5, 5.41) is 7.07. The van der Waals surface area contributed by atoms with Gasteiger partial charge in [-0.25, -0.2) is 9.78 Å². The number of hydrogen-bond acceptors (Lipinski definition) is 6. The molecule has 1 saturated carbocycles.